The van der Waals surface area contributed by atoms with E-state index in [2.05, 4.69) is 28.6 Å². The number of hydrogen-bond acceptors (Lipinski definition) is 9. The van der Waals surface area contributed by atoms with E-state index in [0.29, 0.717) is 5.56 Å². The van der Waals surface area contributed by atoms with Gasteiger partial charge in [0, 0.05) is 18.6 Å². The molecule has 1 aromatic carbocycles. The molecule has 3 amide bonds. The Kier molecular flexibility index (Phi) is 12.0. The summed E-state index contributed by atoms with van der Waals surface area (Å²) in [6.07, 6.45) is -2.45. The van der Waals surface area contributed by atoms with Gasteiger partial charge in [-0.3, -0.25) is 19.2 Å². The summed E-state index contributed by atoms with van der Waals surface area (Å²) in [5.41, 5.74) is 6.05. The van der Waals surface area contributed by atoms with Gasteiger partial charge in [0.2, 0.25) is 17.7 Å². The third-order valence-corrected chi connectivity index (χ3v) is 5.26. The molecule has 0 fully saturated rings. The number of carboxylic acids is 2. The number of rotatable bonds is 14. The van der Waals surface area contributed by atoms with Gasteiger partial charge in [0.25, 0.3) is 0 Å². The Morgan fingerprint density at radius 2 is 1.51 bits per heavy atom. The number of benzene rings is 1. The molecule has 194 valence electrons. The summed E-state index contributed by atoms with van der Waals surface area (Å²) < 4.78 is 0. The van der Waals surface area contributed by atoms with Gasteiger partial charge in [0.1, 0.15) is 23.9 Å². The zero-order valence-corrected chi connectivity index (χ0v) is 19.8. The predicted octanol–water partition coefficient (Wildman–Crippen LogP) is -2.02. The minimum Gasteiger partial charge on any atom is -0.508 e. The van der Waals surface area contributed by atoms with E-state index in [1.54, 1.807) is 0 Å². The number of phenols is 1. The fourth-order valence-corrected chi connectivity index (χ4v) is 3.05. The van der Waals surface area contributed by atoms with Crippen molar-refractivity contribution in [1.82, 2.24) is 16.0 Å². The number of aromatic hydroxyl groups is 1. The zero-order valence-electron chi connectivity index (χ0n) is 18.9. The van der Waals surface area contributed by atoms with Crippen LogP contribution in [0.3, 0.4) is 0 Å². The zero-order chi connectivity index (χ0) is 26.7. The van der Waals surface area contributed by atoms with Crippen LogP contribution in [0.5, 0.6) is 5.75 Å². The molecule has 9 N–H and O–H groups in total. The second kappa shape index (κ2) is 14.1. The SMILES string of the molecule is C[C@@H](O)[C@H](NC(=O)[C@H](CCC(=O)O)NC(=O)[C@@H](N)CS)C(=O)N[C@H](Cc1ccc(O)cc1)C(=O)O. The van der Waals surface area contributed by atoms with Gasteiger partial charge in [0.05, 0.1) is 12.1 Å². The topological polar surface area (TPSA) is 228 Å². The molecule has 0 aromatic heterocycles. The maximum Gasteiger partial charge on any atom is 0.326 e. The second-order valence-electron chi connectivity index (χ2n) is 7.78. The minimum atomic E-state index is -1.62. The summed E-state index contributed by atoms with van der Waals surface area (Å²) in [7, 11) is 0. The number of aliphatic carboxylic acids is 2. The monoisotopic (exact) mass is 514 g/mol. The number of hydrogen-bond donors (Lipinski definition) is 9. The van der Waals surface area contributed by atoms with Crippen LogP contribution in [-0.2, 0) is 30.4 Å². The van der Waals surface area contributed by atoms with Gasteiger partial charge >= 0.3 is 11.9 Å². The first-order valence-electron chi connectivity index (χ1n) is 10.5. The molecule has 0 aliphatic rings. The summed E-state index contributed by atoms with van der Waals surface area (Å²) >= 11 is 3.89. The number of thiol groups is 1. The third-order valence-electron chi connectivity index (χ3n) is 4.87. The quantitative estimate of drug-likeness (QED) is 0.124. The Hall–Kier alpha value is -3.36. The third kappa shape index (κ3) is 10.2. The molecule has 35 heavy (non-hydrogen) atoms. The predicted molar refractivity (Wildman–Crippen MR) is 126 cm³/mol. The number of aliphatic hydroxyl groups excluding tert-OH is 1. The number of carboxylic acid groups (broad SMARTS) is 2. The van der Waals surface area contributed by atoms with Crippen LogP contribution in [0.4, 0.5) is 0 Å². The number of nitrogens with two attached hydrogens (primary N) is 1. The molecule has 0 aliphatic carbocycles. The van der Waals surface area contributed by atoms with Crippen LogP contribution in [0.15, 0.2) is 24.3 Å². The van der Waals surface area contributed by atoms with Crippen LogP contribution in [0.25, 0.3) is 0 Å². The lowest BCUT2D eigenvalue weighted by molar-refractivity contribution is -0.143. The second-order valence-corrected chi connectivity index (χ2v) is 8.14. The summed E-state index contributed by atoms with van der Waals surface area (Å²) in [5, 5.41) is 44.6. The van der Waals surface area contributed by atoms with Gasteiger partial charge in [-0.25, -0.2) is 4.79 Å². The average Bonchev–Trinajstić information content (AvgIpc) is 2.79. The first-order chi connectivity index (χ1) is 16.3. The van der Waals surface area contributed by atoms with E-state index in [1.165, 1.54) is 31.2 Å². The lowest BCUT2D eigenvalue weighted by Crippen LogP contribution is -2.60. The molecule has 13 nitrogen and oxygen atoms in total. The van der Waals surface area contributed by atoms with E-state index in [1.807, 2.05) is 0 Å². The molecule has 1 aromatic rings. The number of aliphatic hydroxyl groups is 1. The molecule has 0 unspecified atom stereocenters. The molecular weight excluding hydrogens is 484 g/mol. The first-order valence-corrected chi connectivity index (χ1v) is 11.2. The molecule has 0 saturated heterocycles. The molecule has 0 spiro atoms. The van der Waals surface area contributed by atoms with Gasteiger partial charge in [0.15, 0.2) is 0 Å². The van der Waals surface area contributed by atoms with Crippen LogP contribution in [0.1, 0.15) is 25.3 Å². The Morgan fingerprint density at radius 1 is 0.943 bits per heavy atom. The standard InChI is InChI=1S/C21H30N4O9S/c1-10(26)17(20(32)24-15(21(33)34)8-11-2-4-12(27)5-3-11)25-19(31)14(6-7-16(28)29)23-18(30)13(22)9-35/h2-5,10,13-15,17,26-27,35H,6-9,22H2,1H3,(H,23,30)(H,24,32)(H,25,31)(H,28,29)(H,33,34)/t10-,13+,14+,15-,17+/m1/s1. The highest BCUT2D eigenvalue weighted by Gasteiger charge is 2.33. The van der Waals surface area contributed by atoms with E-state index in [9.17, 15) is 39.3 Å². The summed E-state index contributed by atoms with van der Waals surface area (Å²) in [6, 6.07) is 0.109. The van der Waals surface area contributed by atoms with E-state index in [0.717, 1.165) is 0 Å². The summed E-state index contributed by atoms with van der Waals surface area (Å²) in [5.74, 6) is -5.46. The molecule has 0 radical (unpaired) electrons. The van der Waals surface area contributed by atoms with Crippen molar-refractivity contribution in [2.45, 2.75) is 56.5 Å². The Labute approximate surface area is 206 Å². The minimum absolute atomic E-state index is 0.0265. The summed E-state index contributed by atoms with van der Waals surface area (Å²) in [6.45, 7) is 1.18. The summed E-state index contributed by atoms with van der Waals surface area (Å²) in [4.78, 5) is 60.2. The van der Waals surface area contributed by atoms with Crippen molar-refractivity contribution in [1.29, 1.82) is 0 Å². The number of carbonyl (C=O) groups excluding carboxylic acids is 3. The maximum atomic E-state index is 12.8. The highest BCUT2D eigenvalue weighted by molar-refractivity contribution is 7.80. The lowest BCUT2D eigenvalue weighted by Gasteiger charge is -2.26. The smallest absolute Gasteiger partial charge is 0.326 e. The Morgan fingerprint density at radius 3 is 2.00 bits per heavy atom. The van der Waals surface area contributed by atoms with Crippen molar-refractivity contribution in [3.05, 3.63) is 29.8 Å². The fraction of sp³-hybridized carbons (Fsp3) is 0.476. The van der Waals surface area contributed by atoms with Gasteiger partial charge in [-0.2, -0.15) is 12.6 Å². The van der Waals surface area contributed by atoms with Crippen molar-refractivity contribution in [2.75, 3.05) is 5.75 Å². The van der Waals surface area contributed by atoms with E-state index < -0.39 is 66.4 Å². The number of phenolic OH excluding ortho intramolecular Hbond substituents is 1. The highest BCUT2D eigenvalue weighted by atomic mass is 32.1. The number of nitrogens with one attached hydrogen (secondary N) is 3. The van der Waals surface area contributed by atoms with Crippen LogP contribution in [0.2, 0.25) is 0 Å². The number of carbonyl (C=O) groups is 5. The van der Waals surface area contributed by atoms with Crippen molar-refractivity contribution in [3.8, 4) is 5.75 Å². The van der Waals surface area contributed by atoms with Gasteiger partial charge in [-0.15, -0.1) is 0 Å². The normalized spacial score (nSPS) is 15.1. The van der Waals surface area contributed by atoms with Crippen LogP contribution in [0, 0.1) is 0 Å². The molecule has 14 heteroatoms. The number of amides is 3. The lowest BCUT2D eigenvalue weighted by atomic mass is 10.0. The van der Waals surface area contributed by atoms with E-state index >= 15 is 0 Å². The van der Waals surface area contributed by atoms with Crippen molar-refractivity contribution in [2.24, 2.45) is 5.73 Å². The molecule has 1 rings (SSSR count). The van der Waals surface area contributed by atoms with Gasteiger partial charge < -0.3 is 42.1 Å². The maximum absolute atomic E-state index is 12.8. The molecule has 0 heterocycles. The van der Waals surface area contributed by atoms with E-state index in [-0.39, 0.29) is 24.3 Å². The van der Waals surface area contributed by atoms with Crippen molar-refractivity contribution < 1.29 is 44.4 Å². The van der Waals surface area contributed by atoms with Crippen LogP contribution < -0.4 is 21.7 Å². The van der Waals surface area contributed by atoms with E-state index in [4.69, 9.17) is 10.8 Å². The average molecular weight is 515 g/mol. The largest absolute Gasteiger partial charge is 0.508 e. The van der Waals surface area contributed by atoms with Gasteiger partial charge in [-0.1, -0.05) is 12.1 Å². The first kappa shape index (κ1) is 29.7. The van der Waals surface area contributed by atoms with Crippen LogP contribution >= 0.6 is 12.6 Å². The fourth-order valence-electron chi connectivity index (χ4n) is 2.89. The van der Waals surface area contributed by atoms with Crippen LogP contribution in [-0.4, -0.2) is 86.1 Å². The molecule has 0 saturated carbocycles. The Balaban J connectivity index is 2.98. The van der Waals surface area contributed by atoms with Crippen molar-refractivity contribution in [3.63, 3.8) is 0 Å². The molecular formula is C21H30N4O9S. The molecule has 0 bridgehead atoms. The van der Waals surface area contributed by atoms with Crippen molar-refractivity contribution >= 4 is 42.3 Å². The molecule has 0 aliphatic heterocycles. The Bertz CT molecular complexity index is 911. The highest BCUT2D eigenvalue weighted by Crippen LogP contribution is 2.12. The van der Waals surface area contributed by atoms with Gasteiger partial charge in [-0.05, 0) is 31.0 Å². The molecule has 5 atom stereocenters.